The zero-order valence-corrected chi connectivity index (χ0v) is 21.0. The molecule has 0 heterocycles. The van der Waals surface area contributed by atoms with Gasteiger partial charge in [-0.3, -0.25) is 0 Å². The molecular formula is C26H58N4. The van der Waals surface area contributed by atoms with Gasteiger partial charge in [-0.25, -0.2) is 0 Å². The molecule has 182 valence electrons. The fourth-order valence-electron chi connectivity index (χ4n) is 4.17. The van der Waals surface area contributed by atoms with Crippen molar-refractivity contribution in [2.75, 3.05) is 52.4 Å². The fourth-order valence-corrected chi connectivity index (χ4v) is 4.17. The van der Waals surface area contributed by atoms with Gasteiger partial charge in [-0.05, 0) is 65.0 Å². The summed E-state index contributed by atoms with van der Waals surface area (Å²) in [6.45, 7) is 13.4. The van der Waals surface area contributed by atoms with Crippen molar-refractivity contribution in [2.24, 2.45) is 11.5 Å². The minimum Gasteiger partial charge on any atom is -0.330 e. The lowest BCUT2D eigenvalue weighted by molar-refractivity contribution is 0.196. The Balaban J connectivity index is 4.21. The van der Waals surface area contributed by atoms with E-state index in [1.807, 2.05) is 0 Å². The number of nitrogens with two attached hydrogens (primary N) is 2. The van der Waals surface area contributed by atoms with Crippen molar-refractivity contribution in [2.45, 2.75) is 117 Å². The highest BCUT2D eigenvalue weighted by Crippen LogP contribution is 2.10. The van der Waals surface area contributed by atoms with Gasteiger partial charge in [0.15, 0.2) is 0 Å². The Bertz CT molecular complexity index is 285. The van der Waals surface area contributed by atoms with E-state index in [-0.39, 0.29) is 0 Å². The molecule has 0 aromatic carbocycles. The first-order chi connectivity index (χ1) is 14.8. The summed E-state index contributed by atoms with van der Waals surface area (Å²) in [6, 6.07) is 0. The number of rotatable bonds is 25. The van der Waals surface area contributed by atoms with E-state index in [1.165, 1.54) is 116 Å². The third kappa shape index (κ3) is 21.1. The van der Waals surface area contributed by atoms with Crippen LogP contribution in [0.2, 0.25) is 0 Å². The van der Waals surface area contributed by atoms with Gasteiger partial charge in [0.25, 0.3) is 0 Å². The Morgan fingerprint density at radius 2 is 0.667 bits per heavy atom. The van der Waals surface area contributed by atoms with E-state index < -0.39 is 0 Å². The van der Waals surface area contributed by atoms with Crippen LogP contribution in [0.25, 0.3) is 0 Å². The van der Waals surface area contributed by atoms with Crippen LogP contribution in [0.3, 0.4) is 0 Å². The van der Waals surface area contributed by atoms with E-state index in [0.717, 1.165) is 39.0 Å². The molecule has 0 spiro atoms. The van der Waals surface area contributed by atoms with Crippen LogP contribution in [0.1, 0.15) is 117 Å². The SMILES string of the molecule is CCCCCCCCCN(CCCCCCCCC)CCN(CCCN)CCCN. The highest BCUT2D eigenvalue weighted by molar-refractivity contribution is 4.66. The first-order valence-electron chi connectivity index (χ1n) is 13.6. The van der Waals surface area contributed by atoms with Crippen molar-refractivity contribution in [3.05, 3.63) is 0 Å². The lowest BCUT2D eigenvalue weighted by atomic mass is 10.1. The van der Waals surface area contributed by atoms with Gasteiger partial charge in [0.1, 0.15) is 0 Å². The van der Waals surface area contributed by atoms with Gasteiger partial charge in [-0.2, -0.15) is 0 Å². The zero-order chi connectivity index (χ0) is 22.1. The van der Waals surface area contributed by atoms with Gasteiger partial charge < -0.3 is 21.3 Å². The lowest BCUT2D eigenvalue weighted by Crippen LogP contribution is -2.38. The molecule has 0 fully saturated rings. The third-order valence-corrected chi connectivity index (χ3v) is 6.25. The van der Waals surface area contributed by atoms with E-state index >= 15 is 0 Å². The Morgan fingerprint density at radius 3 is 1.00 bits per heavy atom. The lowest BCUT2D eigenvalue weighted by Gasteiger charge is -2.28. The molecule has 4 heteroatoms. The predicted octanol–water partition coefficient (Wildman–Crippen LogP) is 5.79. The molecule has 0 aliphatic heterocycles. The topological polar surface area (TPSA) is 58.5 Å². The van der Waals surface area contributed by atoms with E-state index in [4.69, 9.17) is 11.5 Å². The number of hydrogen-bond donors (Lipinski definition) is 2. The standard InChI is InChI=1S/C26H58N4/c1-3-5-7-9-11-13-15-21-29(22-16-14-12-10-8-6-4-2)25-26-30(23-17-19-27)24-18-20-28/h3-28H2,1-2H3. The number of hydrogen-bond acceptors (Lipinski definition) is 4. The molecular weight excluding hydrogens is 368 g/mol. The maximum Gasteiger partial charge on any atom is 0.0109 e. The van der Waals surface area contributed by atoms with Gasteiger partial charge in [0.05, 0.1) is 0 Å². The number of nitrogens with zero attached hydrogens (tertiary/aromatic N) is 2. The largest absolute Gasteiger partial charge is 0.330 e. The average molecular weight is 427 g/mol. The van der Waals surface area contributed by atoms with Crippen molar-refractivity contribution in [3.8, 4) is 0 Å². The Labute approximate surface area is 190 Å². The van der Waals surface area contributed by atoms with Gasteiger partial charge in [0.2, 0.25) is 0 Å². The predicted molar refractivity (Wildman–Crippen MR) is 136 cm³/mol. The van der Waals surface area contributed by atoms with E-state index in [9.17, 15) is 0 Å². The van der Waals surface area contributed by atoms with Crippen LogP contribution < -0.4 is 11.5 Å². The maximum absolute atomic E-state index is 5.75. The highest BCUT2D eigenvalue weighted by atomic mass is 15.2. The second-order valence-corrected chi connectivity index (χ2v) is 9.21. The molecule has 4 N–H and O–H groups in total. The molecule has 0 aromatic rings. The first kappa shape index (κ1) is 29.8. The molecule has 0 saturated carbocycles. The fraction of sp³-hybridized carbons (Fsp3) is 1.00. The van der Waals surface area contributed by atoms with Crippen LogP contribution in [0.4, 0.5) is 0 Å². The second-order valence-electron chi connectivity index (χ2n) is 9.21. The van der Waals surface area contributed by atoms with Gasteiger partial charge in [-0.15, -0.1) is 0 Å². The molecule has 4 nitrogen and oxygen atoms in total. The van der Waals surface area contributed by atoms with Crippen molar-refractivity contribution >= 4 is 0 Å². The minimum absolute atomic E-state index is 0.791. The normalized spacial score (nSPS) is 11.8. The molecule has 0 saturated heterocycles. The van der Waals surface area contributed by atoms with Crippen molar-refractivity contribution in [3.63, 3.8) is 0 Å². The monoisotopic (exact) mass is 426 g/mol. The minimum atomic E-state index is 0.791. The second kappa shape index (κ2) is 25.1. The summed E-state index contributed by atoms with van der Waals surface area (Å²) in [5.41, 5.74) is 11.5. The molecule has 30 heavy (non-hydrogen) atoms. The summed E-state index contributed by atoms with van der Waals surface area (Å²) >= 11 is 0. The first-order valence-corrected chi connectivity index (χ1v) is 13.6. The summed E-state index contributed by atoms with van der Waals surface area (Å²) in [5.74, 6) is 0. The number of unbranched alkanes of at least 4 members (excludes halogenated alkanes) is 12. The van der Waals surface area contributed by atoms with Crippen LogP contribution in [-0.4, -0.2) is 62.2 Å². The maximum atomic E-state index is 5.75. The molecule has 0 bridgehead atoms. The van der Waals surface area contributed by atoms with Crippen LogP contribution in [-0.2, 0) is 0 Å². The van der Waals surface area contributed by atoms with Crippen molar-refractivity contribution < 1.29 is 0 Å². The van der Waals surface area contributed by atoms with Crippen LogP contribution >= 0.6 is 0 Å². The van der Waals surface area contributed by atoms with Crippen LogP contribution in [0.5, 0.6) is 0 Å². The molecule has 0 amide bonds. The van der Waals surface area contributed by atoms with Gasteiger partial charge in [0, 0.05) is 13.1 Å². The summed E-state index contributed by atoms with van der Waals surface area (Å²) in [6.07, 6.45) is 21.8. The molecule has 0 aromatic heterocycles. The summed E-state index contributed by atoms with van der Waals surface area (Å²) in [5, 5.41) is 0. The quantitative estimate of drug-likeness (QED) is 0.181. The Morgan fingerprint density at radius 1 is 0.367 bits per heavy atom. The van der Waals surface area contributed by atoms with Gasteiger partial charge in [-0.1, -0.05) is 90.9 Å². The third-order valence-electron chi connectivity index (χ3n) is 6.25. The molecule has 0 rings (SSSR count). The molecule has 0 atom stereocenters. The smallest absolute Gasteiger partial charge is 0.0109 e. The average Bonchev–Trinajstić information content (AvgIpc) is 2.76. The Hall–Kier alpha value is -0.160. The molecule has 0 unspecified atom stereocenters. The van der Waals surface area contributed by atoms with E-state index in [2.05, 4.69) is 23.6 Å². The molecule has 0 aliphatic carbocycles. The molecule has 0 radical (unpaired) electrons. The summed E-state index contributed by atoms with van der Waals surface area (Å²) in [4.78, 5) is 5.33. The Kier molecular flexibility index (Phi) is 25.0. The highest BCUT2D eigenvalue weighted by Gasteiger charge is 2.09. The van der Waals surface area contributed by atoms with Crippen molar-refractivity contribution in [1.82, 2.24) is 9.80 Å². The van der Waals surface area contributed by atoms with Crippen molar-refractivity contribution in [1.29, 1.82) is 0 Å². The van der Waals surface area contributed by atoms with Crippen LogP contribution in [0, 0.1) is 0 Å². The van der Waals surface area contributed by atoms with Crippen LogP contribution in [0.15, 0.2) is 0 Å². The molecule has 0 aliphatic rings. The summed E-state index contributed by atoms with van der Waals surface area (Å²) < 4.78 is 0. The van der Waals surface area contributed by atoms with E-state index in [0.29, 0.717) is 0 Å². The van der Waals surface area contributed by atoms with Gasteiger partial charge >= 0.3 is 0 Å². The zero-order valence-electron chi connectivity index (χ0n) is 21.0. The summed E-state index contributed by atoms with van der Waals surface area (Å²) in [7, 11) is 0. The van der Waals surface area contributed by atoms with E-state index in [1.54, 1.807) is 0 Å².